The Morgan fingerprint density at radius 3 is 2.65 bits per heavy atom. The van der Waals surface area contributed by atoms with Gasteiger partial charge < -0.3 is 10.2 Å². The summed E-state index contributed by atoms with van der Waals surface area (Å²) >= 11 is 0. The summed E-state index contributed by atoms with van der Waals surface area (Å²) in [6.07, 6.45) is 5.25. The molecule has 0 saturated heterocycles. The van der Waals surface area contributed by atoms with Crippen LogP contribution in [0.3, 0.4) is 0 Å². The normalized spacial score (nSPS) is 12.0. The summed E-state index contributed by atoms with van der Waals surface area (Å²) in [5.41, 5.74) is 1.49. The number of rotatable bonds is 8. The predicted molar refractivity (Wildman–Crippen MR) is 84.1 cm³/mol. The zero-order valence-electron chi connectivity index (χ0n) is 13.1. The molecule has 0 radical (unpaired) electrons. The number of amides is 1. The van der Waals surface area contributed by atoms with E-state index in [-0.39, 0.29) is 5.91 Å². The number of aromatic nitrogens is 1. The molecule has 1 heterocycles. The van der Waals surface area contributed by atoms with E-state index >= 15 is 0 Å². The van der Waals surface area contributed by atoms with Gasteiger partial charge in [0.25, 0.3) is 5.91 Å². The molecule has 4 nitrogen and oxygen atoms in total. The molecule has 1 unspecified atom stereocenters. The van der Waals surface area contributed by atoms with Crippen molar-refractivity contribution in [1.29, 1.82) is 0 Å². The molecule has 1 N–H and O–H groups in total. The van der Waals surface area contributed by atoms with E-state index in [0.29, 0.717) is 24.8 Å². The van der Waals surface area contributed by atoms with Gasteiger partial charge >= 0.3 is 0 Å². The maximum absolute atomic E-state index is 12.3. The number of carbonyl (C=O) groups excluding carboxylic acids is 1. The number of nitrogens with zero attached hydrogens (tertiary/aromatic N) is 2. The molecule has 0 bridgehead atoms. The molecule has 0 aliphatic heterocycles. The van der Waals surface area contributed by atoms with E-state index in [1.54, 1.807) is 11.1 Å². The molecule has 1 amide bonds. The maximum atomic E-state index is 12.3. The van der Waals surface area contributed by atoms with Gasteiger partial charge in [0, 0.05) is 31.0 Å². The Balaban J connectivity index is 2.72. The van der Waals surface area contributed by atoms with Crippen molar-refractivity contribution < 1.29 is 4.79 Å². The summed E-state index contributed by atoms with van der Waals surface area (Å²) in [5.74, 6) is -0.000128. The molecule has 4 heteroatoms. The Kier molecular flexibility index (Phi) is 7.05. The van der Waals surface area contributed by atoms with Crippen LogP contribution >= 0.6 is 0 Å². The third-order valence-electron chi connectivity index (χ3n) is 3.43. The van der Waals surface area contributed by atoms with Crippen LogP contribution in [-0.4, -0.2) is 34.9 Å². The van der Waals surface area contributed by atoms with Crippen LogP contribution in [0.15, 0.2) is 18.3 Å². The molecule has 1 aromatic heterocycles. The number of nitrogens with one attached hydrogen (secondary N) is 1. The summed E-state index contributed by atoms with van der Waals surface area (Å²) in [7, 11) is 0. The number of hydrogen-bond acceptors (Lipinski definition) is 3. The third kappa shape index (κ3) is 4.83. The standard InChI is InChI=1S/C16H27N3O/c1-5-8-9-13(4)18-14-10-11-17-15(12-14)16(20)19(6-2)7-3/h10-13H,5-9H2,1-4H3,(H,17,18). The Bertz CT molecular complexity index is 416. The highest BCUT2D eigenvalue weighted by molar-refractivity contribution is 5.93. The number of hydrogen-bond donors (Lipinski definition) is 1. The van der Waals surface area contributed by atoms with Gasteiger partial charge in [0.2, 0.25) is 0 Å². The van der Waals surface area contributed by atoms with Gasteiger partial charge in [-0.05, 0) is 39.3 Å². The van der Waals surface area contributed by atoms with Crippen molar-refractivity contribution in [3.8, 4) is 0 Å². The first kappa shape index (κ1) is 16.5. The van der Waals surface area contributed by atoms with Crippen molar-refractivity contribution in [3.05, 3.63) is 24.0 Å². The second-order valence-corrected chi connectivity index (χ2v) is 5.09. The first-order valence-corrected chi connectivity index (χ1v) is 7.64. The van der Waals surface area contributed by atoms with Gasteiger partial charge in [-0.15, -0.1) is 0 Å². The highest BCUT2D eigenvalue weighted by Gasteiger charge is 2.14. The molecule has 0 aliphatic carbocycles. The zero-order chi connectivity index (χ0) is 15.0. The lowest BCUT2D eigenvalue weighted by atomic mass is 10.1. The fraction of sp³-hybridized carbons (Fsp3) is 0.625. The van der Waals surface area contributed by atoms with Crippen molar-refractivity contribution in [2.45, 2.75) is 53.0 Å². The summed E-state index contributed by atoms with van der Waals surface area (Å²) in [4.78, 5) is 18.2. The number of unbranched alkanes of at least 4 members (excludes halogenated alkanes) is 1. The lowest BCUT2D eigenvalue weighted by molar-refractivity contribution is 0.0767. The predicted octanol–water partition coefficient (Wildman–Crippen LogP) is 3.55. The third-order valence-corrected chi connectivity index (χ3v) is 3.43. The van der Waals surface area contributed by atoms with Crippen LogP contribution < -0.4 is 5.32 Å². The van der Waals surface area contributed by atoms with Crippen LogP contribution in [0, 0.1) is 0 Å². The van der Waals surface area contributed by atoms with Crippen LogP contribution in [0.1, 0.15) is 57.4 Å². The Morgan fingerprint density at radius 2 is 2.05 bits per heavy atom. The van der Waals surface area contributed by atoms with Crippen molar-refractivity contribution in [1.82, 2.24) is 9.88 Å². The van der Waals surface area contributed by atoms with Crippen LogP contribution in [-0.2, 0) is 0 Å². The average molecular weight is 277 g/mol. The Labute approximate surface area is 122 Å². The fourth-order valence-electron chi connectivity index (χ4n) is 2.18. The van der Waals surface area contributed by atoms with Crippen LogP contribution in [0.4, 0.5) is 5.69 Å². The van der Waals surface area contributed by atoms with Gasteiger partial charge in [-0.1, -0.05) is 19.8 Å². The minimum atomic E-state index is -0.000128. The fourth-order valence-corrected chi connectivity index (χ4v) is 2.18. The molecule has 1 aromatic rings. The number of pyridine rings is 1. The van der Waals surface area contributed by atoms with E-state index in [1.165, 1.54) is 12.8 Å². The van der Waals surface area contributed by atoms with Crippen LogP contribution in [0.5, 0.6) is 0 Å². The van der Waals surface area contributed by atoms with Gasteiger partial charge in [-0.25, -0.2) is 0 Å². The van der Waals surface area contributed by atoms with Crippen molar-refractivity contribution in [3.63, 3.8) is 0 Å². The summed E-state index contributed by atoms with van der Waals surface area (Å²) in [6, 6.07) is 4.18. The molecule has 112 valence electrons. The van der Waals surface area contributed by atoms with E-state index in [2.05, 4.69) is 24.1 Å². The first-order chi connectivity index (χ1) is 9.62. The number of anilines is 1. The minimum Gasteiger partial charge on any atom is -0.382 e. The van der Waals surface area contributed by atoms with Crippen LogP contribution in [0.2, 0.25) is 0 Å². The van der Waals surface area contributed by atoms with Gasteiger partial charge in [-0.3, -0.25) is 9.78 Å². The second kappa shape index (κ2) is 8.56. The monoisotopic (exact) mass is 277 g/mol. The molecule has 0 spiro atoms. The van der Waals surface area contributed by atoms with Gasteiger partial charge in [-0.2, -0.15) is 0 Å². The van der Waals surface area contributed by atoms with E-state index in [0.717, 1.165) is 12.1 Å². The molecule has 0 saturated carbocycles. The lowest BCUT2D eigenvalue weighted by Gasteiger charge is -2.19. The maximum Gasteiger partial charge on any atom is 0.272 e. The molecular weight excluding hydrogens is 250 g/mol. The average Bonchev–Trinajstić information content (AvgIpc) is 2.46. The SMILES string of the molecule is CCCCC(C)Nc1ccnc(C(=O)N(CC)CC)c1. The van der Waals surface area contributed by atoms with Gasteiger partial charge in [0.1, 0.15) is 5.69 Å². The lowest BCUT2D eigenvalue weighted by Crippen LogP contribution is -2.31. The molecule has 0 aromatic carbocycles. The summed E-state index contributed by atoms with van der Waals surface area (Å²) < 4.78 is 0. The topological polar surface area (TPSA) is 45.2 Å². The molecule has 1 atom stereocenters. The molecule has 1 rings (SSSR count). The highest BCUT2D eigenvalue weighted by Crippen LogP contribution is 2.13. The Morgan fingerprint density at radius 1 is 1.35 bits per heavy atom. The van der Waals surface area contributed by atoms with Gasteiger partial charge in [0.15, 0.2) is 0 Å². The van der Waals surface area contributed by atoms with Crippen molar-refractivity contribution in [2.75, 3.05) is 18.4 Å². The van der Waals surface area contributed by atoms with Crippen LogP contribution in [0.25, 0.3) is 0 Å². The van der Waals surface area contributed by atoms with E-state index < -0.39 is 0 Å². The molecule has 20 heavy (non-hydrogen) atoms. The molecule has 0 aliphatic rings. The number of carbonyl (C=O) groups is 1. The van der Waals surface area contributed by atoms with E-state index in [1.807, 2.05) is 26.0 Å². The van der Waals surface area contributed by atoms with E-state index in [9.17, 15) is 4.79 Å². The smallest absolute Gasteiger partial charge is 0.272 e. The second-order valence-electron chi connectivity index (χ2n) is 5.09. The highest BCUT2D eigenvalue weighted by atomic mass is 16.2. The first-order valence-electron chi connectivity index (χ1n) is 7.64. The molecule has 0 fully saturated rings. The van der Waals surface area contributed by atoms with Crippen molar-refractivity contribution >= 4 is 11.6 Å². The zero-order valence-corrected chi connectivity index (χ0v) is 13.1. The van der Waals surface area contributed by atoms with E-state index in [4.69, 9.17) is 0 Å². The summed E-state index contributed by atoms with van der Waals surface area (Å²) in [6.45, 7) is 9.75. The largest absolute Gasteiger partial charge is 0.382 e. The van der Waals surface area contributed by atoms with Crippen molar-refractivity contribution in [2.24, 2.45) is 0 Å². The summed E-state index contributed by atoms with van der Waals surface area (Å²) in [5, 5.41) is 3.44. The quantitative estimate of drug-likeness (QED) is 0.790. The van der Waals surface area contributed by atoms with Gasteiger partial charge in [0.05, 0.1) is 0 Å². The minimum absolute atomic E-state index is 0.000128. The Hall–Kier alpha value is -1.58. The molecular formula is C16H27N3O.